The molecule has 9 heteroatoms. The third kappa shape index (κ3) is 2.17. The van der Waals surface area contributed by atoms with E-state index < -0.39 is 0 Å². The summed E-state index contributed by atoms with van der Waals surface area (Å²) in [4.78, 5) is 42.5. The summed E-state index contributed by atoms with van der Waals surface area (Å²) in [6.45, 7) is 0.531. The zero-order chi connectivity index (χ0) is 18.6. The minimum atomic E-state index is -0.299. The van der Waals surface area contributed by atoms with Crippen LogP contribution < -0.4 is 5.69 Å². The Kier molecular flexibility index (Phi) is 3.62. The highest BCUT2D eigenvalue weighted by molar-refractivity contribution is 7.71. The Bertz CT molecular complexity index is 1170. The average molecular weight is 369 g/mol. The van der Waals surface area contributed by atoms with Gasteiger partial charge in [0, 0.05) is 27.2 Å². The first-order valence-corrected chi connectivity index (χ1v) is 8.38. The number of hydrogen-bond acceptors (Lipinski definition) is 5. The van der Waals surface area contributed by atoms with Gasteiger partial charge in [0.2, 0.25) is 0 Å². The Morgan fingerprint density at radius 1 is 0.962 bits per heavy atom. The van der Waals surface area contributed by atoms with Crippen LogP contribution in [0.1, 0.15) is 20.7 Å². The van der Waals surface area contributed by atoms with E-state index in [1.54, 1.807) is 49.3 Å². The maximum absolute atomic E-state index is 12.5. The molecule has 0 fully saturated rings. The number of carbonyl (C=O) groups is 2. The molecule has 0 atom stereocenters. The maximum atomic E-state index is 12.5. The first kappa shape index (κ1) is 16.4. The van der Waals surface area contributed by atoms with Crippen LogP contribution in [0.4, 0.5) is 0 Å². The molecule has 0 saturated heterocycles. The van der Waals surface area contributed by atoms with E-state index in [-0.39, 0.29) is 24.0 Å². The molecule has 0 N–H and O–H groups in total. The van der Waals surface area contributed by atoms with Gasteiger partial charge in [-0.3, -0.25) is 23.6 Å². The molecule has 0 bridgehead atoms. The molecule has 0 unspecified atom stereocenters. The zero-order valence-corrected chi connectivity index (χ0v) is 15.0. The van der Waals surface area contributed by atoms with Gasteiger partial charge in [0.1, 0.15) is 10.2 Å². The molecule has 2 amide bonds. The monoisotopic (exact) mass is 369 g/mol. The van der Waals surface area contributed by atoms with Crippen molar-refractivity contribution in [3.05, 3.63) is 56.8 Å². The predicted octanol–water partition coefficient (Wildman–Crippen LogP) is 1.10. The molecule has 8 nitrogen and oxygen atoms in total. The minimum Gasteiger partial charge on any atom is -0.325 e. The van der Waals surface area contributed by atoms with E-state index in [4.69, 9.17) is 12.2 Å². The molecule has 3 heterocycles. The molecule has 0 radical (unpaired) electrons. The maximum Gasteiger partial charge on any atom is 0.330 e. The molecule has 1 aliphatic rings. The van der Waals surface area contributed by atoms with Gasteiger partial charge in [-0.25, -0.2) is 9.78 Å². The summed E-state index contributed by atoms with van der Waals surface area (Å²) in [5, 5.41) is 0. The first-order valence-electron chi connectivity index (χ1n) is 7.98. The van der Waals surface area contributed by atoms with E-state index in [2.05, 4.69) is 4.98 Å². The van der Waals surface area contributed by atoms with Crippen LogP contribution in [0.5, 0.6) is 0 Å². The molecular formula is C17H15N5O3S. The number of aromatic nitrogens is 4. The zero-order valence-electron chi connectivity index (χ0n) is 14.2. The highest BCUT2D eigenvalue weighted by atomic mass is 32.1. The summed E-state index contributed by atoms with van der Waals surface area (Å²) < 4.78 is 4.92. The van der Waals surface area contributed by atoms with E-state index in [1.165, 1.54) is 14.0 Å². The smallest absolute Gasteiger partial charge is 0.325 e. The Hall–Kier alpha value is -3.07. The van der Waals surface area contributed by atoms with Crippen molar-refractivity contribution < 1.29 is 9.59 Å². The summed E-state index contributed by atoms with van der Waals surface area (Å²) in [5.41, 5.74) is 1.69. The molecule has 26 heavy (non-hydrogen) atoms. The quantitative estimate of drug-likeness (QED) is 0.510. The van der Waals surface area contributed by atoms with E-state index in [9.17, 15) is 14.4 Å². The number of imidazole rings is 1. The van der Waals surface area contributed by atoms with Crippen molar-refractivity contribution in [2.75, 3.05) is 6.54 Å². The Morgan fingerprint density at radius 2 is 1.58 bits per heavy atom. The van der Waals surface area contributed by atoms with Gasteiger partial charge in [-0.1, -0.05) is 24.4 Å². The lowest BCUT2D eigenvalue weighted by Crippen LogP contribution is -2.33. The molecular weight excluding hydrogens is 354 g/mol. The molecule has 132 valence electrons. The summed E-state index contributed by atoms with van der Waals surface area (Å²) in [5.74, 6) is -0.599. The number of rotatable bonds is 3. The van der Waals surface area contributed by atoms with E-state index in [0.29, 0.717) is 33.5 Å². The SMILES string of the molecule is Cn1c(=S)c2c(ncn2CCN2C(=O)c3ccccc3C2=O)n(C)c1=O. The second-order valence-electron chi connectivity index (χ2n) is 6.12. The van der Waals surface area contributed by atoms with Crippen LogP contribution in [-0.2, 0) is 20.6 Å². The first-order chi connectivity index (χ1) is 12.4. The van der Waals surface area contributed by atoms with Crippen molar-refractivity contribution in [3.8, 4) is 0 Å². The van der Waals surface area contributed by atoms with Crippen molar-refractivity contribution in [2.45, 2.75) is 6.54 Å². The highest BCUT2D eigenvalue weighted by Gasteiger charge is 2.34. The van der Waals surface area contributed by atoms with Crippen molar-refractivity contribution in [3.63, 3.8) is 0 Å². The fourth-order valence-electron chi connectivity index (χ4n) is 3.22. The minimum absolute atomic E-state index is 0.194. The van der Waals surface area contributed by atoms with Crippen molar-refractivity contribution >= 4 is 35.2 Å². The molecule has 0 aliphatic carbocycles. The lowest BCUT2D eigenvalue weighted by atomic mass is 10.1. The lowest BCUT2D eigenvalue weighted by molar-refractivity contribution is 0.0649. The number of carbonyl (C=O) groups excluding carboxylic acids is 2. The van der Waals surface area contributed by atoms with Crippen LogP contribution >= 0.6 is 12.2 Å². The van der Waals surface area contributed by atoms with Crippen LogP contribution in [-0.4, -0.2) is 41.9 Å². The molecule has 2 aromatic heterocycles. The molecule has 0 saturated carbocycles. The largest absolute Gasteiger partial charge is 0.330 e. The van der Waals surface area contributed by atoms with E-state index >= 15 is 0 Å². The van der Waals surface area contributed by atoms with Crippen molar-refractivity contribution in [1.29, 1.82) is 0 Å². The summed E-state index contributed by atoms with van der Waals surface area (Å²) >= 11 is 5.38. The third-order valence-corrected chi connectivity index (χ3v) is 5.13. The summed E-state index contributed by atoms with van der Waals surface area (Å²) in [6.07, 6.45) is 1.57. The van der Waals surface area contributed by atoms with Crippen LogP contribution in [0.15, 0.2) is 35.4 Å². The highest BCUT2D eigenvalue weighted by Crippen LogP contribution is 2.22. The number of fused-ring (bicyclic) bond motifs is 2. The topological polar surface area (TPSA) is 82.1 Å². The van der Waals surface area contributed by atoms with Crippen LogP contribution in [0.25, 0.3) is 11.2 Å². The summed E-state index contributed by atoms with van der Waals surface area (Å²) in [6, 6.07) is 6.78. The van der Waals surface area contributed by atoms with Crippen LogP contribution in [0, 0.1) is 4.64 Å². The summed E-state index contributed by atoms with van der Waals surface area (Å²) in [7, 11) is 3.23. The molecule has 4 rings (SSSR count). The number of benzene rings is 1. The molecule has 3 aromatic rings. The number of imide groups is 1. The number of hydrogen-bond donors (Lipinski definition) is 0. The van der Waals surface area contributed by atoms with E-state index in [1.807, 2.05) is 0 Å². The fourth-order valence-corrected chi connectivity index (χ4v) is 3.50. The van der Waals surface area contributed by atoms with Gasteiger partial charge in [0.05, 0.1) is 17.5 Å². The second kappa shape index (κ2) is 5.73. The third-order valence-electron chi connectivity index (χ3n) is 4.66. The molecule has 0 spiro atoms. The number of amides is 2. The Labute approximate surface area is 152 Å². The normalized spacial score (nSPS) is 13.7. The van der Waals surface area contributed by atoms with Gasteiger partial charge in [-0.05, 0) is 12.1 Å². The standard InChI is InChI=1S/C17H15N5O3S/c1-19-13-12(16(26)20(2)17(19)25)21(9-18-13)7-8-22-14(23)10-5-3-4-6-11(10)15(22)24/h3-6,9H,7-8H2,1-2H3. The lowest BCUT2D eigenvalue weighted by Gasteiger charge is -2.14. The predicted molar refractivity (Wildman–Crippen MR) is 96.6 cm³/mol. The van der Waals surface area contributed by atoms with Gasteiger partial charge < -0.3 is 4.57 Å². The van der Waals surface area contributed by atoms with Crippen LogP contribution in [0.3, 0.4) is 0 Å². The number of nitrogens with zero attached hydrogens (tertiary/aromatic N) is 5. The fraction of sp³-hybridized carbons (Fsp3) is 0.235. The van der Waals surface area contributed by atoms with Gasteiger partial charge in [-0.2, -0.15) is 0 Å². The molecule has 1 aromatic carbocycles. The van der Waals surface area contributed by atoms with Gasteiger partial charge >= 0.3 is 5.69 Å². The number of aryl methyl sites for hydroxylation is 1. The van der Waals surface area contributed by atoms with Gasteiger partial charge in [0.25, 0.3) is 11.8 Å². The van der Waals surface area contributed by atoms with Gasteiger partial charge in [-0.15, -0.1) is 0 Å². The van der Waals surface area contributed by atoms with Crippen molar-refractivity contribution in [1.82, 2.24) is 23.6 Å². The Morgan fingerprint density at radius 3 is 2.19 bits per heavy atom. The van der Waals surface area contributed by atoms with Crippen LogP contribution in [0.2, 0.25) is 0 Å². The average Bonchev–Trinajstić information content (AvgIpc) is 3.17. The Balaban J connectivity index is 1.68. The van der Waals surface area contributed by atoms with Gasteiger partial charge in [0.15, 0.2) is 5.65 Å². The second-order valence-corrected chi connectivity index (χ2v) is 6.51. The molecule has 1 aliphatic heterocycles. The van der Waals surface area contributed by atoms with E-state index in [0.717, 1.165) is 0 Å². The van der Waals surface area contributed by atoms with Crippen molar-refractivity contribution in [2.24, 2.45) is 14.1 Å².